The molecule has 0 bridgehead atoms. The SMILES string of the molecule is O=C(Nc1ccc(F)cc1)c1ncccc1O. The number of carbonyl (C=O) groups is 1. The van der Waals surface area contributed by atoms with Crippen LogP contribution in [0.5, 0.6) is 5.75 Å². The summed E-state index contributed by atoms with van der Waals surface area (Å²) in [5.74, 6) is -1.13. The molecular weight excluding hydrogens is 223 g/mol. The number of amides is 1. The van der Waals surface area contributed by atoms with Gasteiger partial charge < -0.3 is 10.4 Å². The summed E-state index contributed by atoms with van der Waals surface area (Å²) >= 11 is 0. The number of hydrogen-bond acceptors (Lipinski definition) is 3. The topological polar surface area (TPSA) is 62.2 Å². The number of aromatic nitrogens is 1. The van der Waals surface area contributed by atoms with Crippen LogP contribution in [0.2, 0.25) is 0 Å². The van der Waals surface area contributed by atoms with Gasteiger partial charge in [0.1, 0.15) is 11.6 Å². The zero-order valence-electron chi connectivity index (χ0n) is 8.72. The van der Waals surface area contributed by atoms with Gasteiger partial charge in [-0.2, -0.15) is 0 Å². The Bertz CT molecular complexity index is 540. The smallest absolute Gasteiger partial charge is 0.278 e. The van der Waals surface area contributed by atoms with Gasteiger partial charge in [-0.25, -0.2) is 9.37 Å². The molecule has 0 atom stereocenters. The first-order valence-corrected chi connectivity index (χ1v) is 4.88. The molecule has 0 aliphatic heterocycles. The van der Waals surface area contributed by atoms with Gasteiger partial charge in [-0.3, -0.25) is 4.79 Å². The van der Waals surface area contributed by atoms with E-state index in [-0.39, 0.29) is 17.3 Å². The normalized spacial score (nSPS) is 9.94. The molecular formula is C12H9FN2O2. The van der Waals surface area contributed by atoms with Crippen molar-refractivity contribution < 1.29 is 14.3 Å². The number of benzene rings is 1. The van der Waals surface area contributed by atoms with Gasteiger partial charge in [-0.05, 0) is 36.4 Å². The predicted molar refractivity (Wildman–Crippen MR) is 60.3 cm³/mol. The van der Waals surface area contributed by atoms with Gasteiger partial charge in [0, 0.05) is 11.9 Å². The number of pyridine rings is 1. The maximum atomic E-state index is 12.6. The second-order valence-electron chi connectivity index (χ2n) is 3.33. The molecule has 1 amide bonds. The minimum Gasteiger partial charge on any atom is -0.505 e. The van der Waals surface area contributed by atoms with Gasteiger partial charge in [-0.1, -0.05) is 0 Å². The average Bonchev–Trinajstić information content (AvgIpc) is 2.32. The van der Waals surface area contributed by atoms with Crippen LogP contribution in [-0.4, -0.2) is 16.0 Å². The highest BCUT2D eigenvalue weighted by atomic mass is 19.1. The predicted octanol–water partition coefficient (Wildman–Crippen LogP) is 2.18. The Kier molecular flexibility index (Phi) is 3.00. The number of halogens is 1. The molecule has 0 saturated heterocycles. The van der Waals surface area contributed by atoms with Crippen molar-refractivity contribution in [1.82, 2.24) is 4.98 Å². The quantitative estimate of drug-likeness (QED) is 0.834. The summed E-state index contributed by atoms with van der Waals surface area (Å²) in [6.07, 6.45) is 1.40. The van der Waals surface area contributed by atoms with Crippen molar-refractivity contribution in [3.8, 4) is 5.75 Å². The lowest BCUT2D eigenvalue weighted by Crippen LogP contribution is -2.13. The van der Waals surface area contributed by atoms with Crippen LogP contribution >= 0.6 is 0 Å². The first-order chi connectivity index (χ1) is 8.16. The van der Waals surface area contributed by atoms with Gasteiger partial charge in [0.2, 0.25) is 0 Å². The third-order valence-corrected chi connectivity index (χ3v) is 2.10. The fraction of sp³-hybridized carbons (Fsp3) is 0. The maximum Gasteiger partial charge on any atom is 0.278 e. The van der Waals surface area contributed by atoms with Crippen LogP contribution in [0.1, 0.15) is 10.5 Å². The fourth-order valence-electron chi connectivity index (χ4n) is 1.30. The molecule has 0 saturated carbocycles. The van der Waals surface area contributed by atoms with Crippen molar-refractivity contribution in [1.29, 1.82) is 0 Å². The molecule has 5 heteroatoms. The monoisotopic (exact) mass is 232 g/mol. The van der Waals surface area contributed by atoms with Crippen molar-refractivity contribution in [3.05, 3.63) is 54.1 Å². The number of rotatable bonds is 2. The van der Waals surface area contributed by atoms with E-state index in [0.717, 1.165) is 0 Å². The molecule has 17 heavy (non-hydrogen) atoms. The van der Waals surface area contributed by atoms with Gasteiger partial charge >= 0.3 is 0 Å². The summed E-state index contributed by atoms with van der Waals surface area (Å²) in [5, 5.41) is 11.9. The molecule has 4 nitrogen and oxygen atoms in total. The molecule has 2 N–H and O–H groups in total. The highest BCUT2D eigenvalue weighted by Gasteiger charge is 2.11. The molecule has 1 aromatic carbocycles. The molecule has 1 heterocycles. The Hall–Kier alpha value is -2.43. The van der Waals surface area contributed by atoms with E-state index >= 15 is 0 Å². The first kappa shape index (κ1) is 11.1. The maximum absolute atomic E-state index is 12.6. The lowest BCUT2D eigenvalue weighted by Gasteiger charge is -2.05. The van der Waals surface area contributed by atoms with Crippen molar-refractivity contribution in [2.75, 3.05) is 5.32 Å². The molecule has 0 fully saturated rings. The number of aromatic hydroxyl groups is 1. The number of anilines is 1. The number of carbonyl (C=O) groups excluding carboxylic acids is 1. The summed E-state index contributed by atoms with van der Waals surface area (Å²) in [6.45, 7) is 0. The van der Waals surface area contributed by atoms with E-state index < -0.39 is 5.91 Å². The second-order valence-corrected chi connectivity index (χ2v) is 3.33. The van der Waals surface area contributed by atoms with Crippen LogP contribution in [0.25, 0.3) is 0 Å². The van der Waals surface area contributed by atoms with Gasteiger partial charge in [0.25, 0.3) is 5.91 Å². The molecule has 2 rings (SSSR count). The van der Waals surface area contributed by atoms with Crippen molar-refractivity contribution in [3.63, 3.8) is 0 Å². The number of nitrogens with zero attached hydrogens (tertiary/aromatic N) is 1. The van der Waals surface area contributed by atoms with E-state index in [1.807, 2.05) is 0 Å². The number of nitrogens with one attached hydrogen (secondary N) is 1. The molecule has 2 aromatic rings. The molecule has 0 aliphatic carbocycles. The molecule has 1 aromatic heterocycles. The van der Waals surface area contributed by atoms with E-state index in [0.29, 0.717) is 5.69 Å². The Morgan fingerprint density at radius 3 is 2.59 bits per heavy atom. The Labute approximate surface area is 96.7 Å². The third-order valence-electron chi connectivity index (χ3n) is 2.10. The average molecular weight is 232 g/mol. The van der Waals surface area contributed by atoms with E-state index in [2.05, 4.69) is 10.3 Å². The van der Waals surface area contributed by atoms with Crippen LogP contribution in [0, 0.1) is 5.82 Å². The standard InChI is InChI=1S/C12H9FN2O2/c13-8-3-5-9(6-4-8)15-12(17)11-10(16)2-1-7-14-11/h1-7,16H,(H,15,17). The van der Waals surface area contributed by atoms with E-state index in [1.165, 1.54) is 42.6 Å². The molecule has 0 spiro atoms. The third kappa shape index (κ3) is 2.57. The summed E-state index contributed by atoms with van der Waals surface area (Å²) < 4.78 is 12.6. The summed E-state index contributed by atoms with van der Waals surface area (Å²) in [4.78, 5) is 15.4. The zero-order chi connectivity index (χ0) is 12.3. The zero-order valence-corrected chi connectivity index (χ0v) is 8.72. The summed E-state index contributed by atoms with van der Waals surface area (Å²) in [7, 11) is 0. The lowest BCUT2D eigenvalue weighted by atomic mass is 10.2. The lowest BCUT2D eigenvalue weighted by molar-refractivity contribution is 0.101. The largest absolute Gasteiger partial charge is 0.505 e. The van der Waals surface area contributed by atoms with E-state index in [9.17, 15) is 14.3 Å². The minimum atomic E-state index is -0.547. The number of hydrogen-bond donors (Lipinski definition) is 2. The van der Waals surface area contributed by atoms with Gasteiger partial charge in [0.15, 0.2) is 5.69 Å². The Morgan fingerprint density at radius 2 is 1.94 bits per heavy atom. The minimum absolute atomic E-state index is 0.0724. The van der Waals surface area contributed by atoms with Crippen molar-refractivity contribution >= 4 is 11.6 Å². The molecule has 0 aliphatic rings. The van der Waals surface area contributed by atoms with Crippen molar-refractivity contribution in [2.24, 2.45) is 0 Å². The fourth-order valence-corrected chi connectivity index (χ4v) is 1.30. The summed E-state index contributed by atoms with van der Waals surface area (Å²) in [5.41, 5.74) is 0.360. The van der Waals surface area contributed by atoms with Gasteiger partial charge in [-0.15, -0.1) is 0 Å². The van der Waals surface area contributed by atoms with Crippen LogP contribution in [0.15, 0.2) is 42.6 Å². The van der Waals surface area contributed by atoms with E-state index in [4.69, 9.17) is 0 Å². The van der Waals surface area contributed by atoms with Crippen molar-refractivity contribution in [2.45, 2.75) is 0 Å². The van der Waals surface area contributed by atoms with Crippen LogP contribution in [-0.2, 0) is 0 Å². The van der Waals surface area contributed by atoms with Crippen LogP contribution in [0.3, 0.4) is 0 Å². The molecule has 0 radical (unpaired) electrons. The van der Waals surface area contributed by atoms with Gasteiger partial charge in [0.05, 0.1) is 0 Å². The Morgan fingerprint density at radius 1 is 1.24 bits per heavy atom. The summed E-state index contributed by atoms with van der Waals surface area (Å²) in [6, 6.07) is 8.19. The highest BCUT2D eigenvalue weighted by molar-refractivity contribution is 6.04. The van der Waals surface area contributed by atoms with Crippen LogP contribution in [0.4, 0.5) is 10.1 Å². The molecule has 86 valence electrons. The van der Waals surface area contributed by atoms with E-state index in [1.54, 1.807) is 0 Å². The Balaban J connectivity index is 2.17. The molecule has 0 unspecified atom stereocenters. The first-order valence-electron chi connectivity index (χ1n) is 4.88. The van der Waals surface area contributed by atoms with Crippen LogP contribution < -0.4 is 5.32 Å². The second kappa shape index (κ2) is 4.61. The highest BCUT2D eigenvalue weighted by Crippen LogP contribution is 2.15.